The lowest BCUT2D eigenvalue weighted by molar-refractivity contribution is 0.265. The van der Waals surface area contributed by atoms with Gasteiger partial charge < -0.3 is 14.5 Å². The Morgan fingerprint density at radius 1 is 1.37 bits per heavy atom. The number of rotatable bonds is 5. The predicted octanol–water partition coefficient (Wildman–Crippen LogP) is 3.79. The van der Waals surface area contributed by atoms with E-state index in [0.717, 1.165) is 23.6 Å². The van der Waals surface area contributed by atoms with Gasteiger partial charge in [0.2, 0.25) is 0 Å². The van der Waals surface area contributed by atoms with Gasteiger partial charge in [-0.1, -0.05) is 0 Å². The number of furan rings is 1. The molecule has 1 heterocycles. The summed E-state index contributed by atoms with van der Waals surface area (Å²) >= 11 is 3.26. The van der Waals surface area contributed by atoms with Crippen LogP contribution in [0.4, 0.5) is 4.39 Å². The maximum atomic E-state index is 12.9. The Labute approximate surface area is 119 Å². The SMILES string of the molecule is CNCc1cc(COc2ccc(F)cc2Br)oc1C. The second kappa shape index (κ2) is 6.21. The van der Waals surface area contributed by atoms with Gasteiger partial charge in [0.15, 0.2) is 0 Å². The van der Waals surface area contributed by atoms with Crippen molar-refractivity contribution in [2.45, 2.75) is 20.1 Å². The van der Waals surface area contributed by atoms with Gasteiger partial charge in [-0.2, -0.15) is 0 Å². The normalized spacial score (nSPS) is 10.7. The topological polar surface area (TPSA) is 34.4 Å². The number of hydrogen-bond acceptors (Lipinski definition) is 3. The minimum absolute atomic E-state index is 0.302. The molecule has 1 aromatic carbocycles. The summed E-state index contributed by atoms with van der Waals surface area (Å²) in [4.78, 5) is 0. The third kappa shape index (κ3) is 3.58. The van der Waals surface area contributed by atoms with Gasteiger partial charge in [0, 0.05) is 12.1 Å². The van der Waals surface area contributed by atoms with Crippen molar-refractivity contribution in [3.05, 3.63) is 51.6 Å². The van der Waals surface area contributed by atoms with E-state index in [1.807, 2.05) is 20.0 Å². The molecule has 2 aromatic rings. The van der Waals surface area contributed by atoms with Crippen LogP contribution in [0.25, 0.3) is 0 Å². The number of ether oxygens (including phenoxy) is 1. The second-order valence-electron chi connectivity index (χ2n) is 4.19. The van der Waals surface area contributed by atoms with E-state index in [-0.39, 0.29) is 5.82 Å². The Morgan fingerprint density at radius 3 is 2.84 bits per heavy atom. The molecular formula is C14H15BrFNO2. The fraction of sp³-hybridized carbons (Fsp3) is 0.286. The number of aryl methyl sites for hydroxylation is 1. The molecule has 0 atom stereocenters. The molecule has 1 aromatic heterocycles. The molecule has 0 saturated heterocycles. The molecule has 0 saturated carbocycles. The van der Waals surface area contributed by atoms with Crippen LogP contribution < -0.4 is 10.1 Å². The van der Waals surface area contributed by atoms with E-state index in [9.17, 15) is 4.39 Å². The van der Waals surface area contributed by atoms with Crippen LogP contribution in [0, 0.1) is 12.7 Å². The largest absolute Gasteiger partial charge is 0.484 e. The molecule has 0 fully saturated rings. The third-order valence-electron chi connectivity index (χ3n) is 2.70. The van der Waals surface area contributed by atoms with Gasteiger partial charge in [0.1, 0.15) is 29.7 Å². The molecule has 1 N–H and O–H groups in total. The summed E-state index contributed by atoms with van der Waals surface area (Å²) in [5, 5.41) is 3.08. The zero-order valence-electron chi connectivity index (χ0n) is 10.8. The molecule has 0 unspecified atom stereocenters. The van der Waals surface area contributed by atoms with Gasteiger partial charge in [-0.15, -0.1) is 0 Å². The van der Waals surface area contributed by atoms with Gasteiger partial charge in [-0.25, -0.2) is 4.39 Å². The minimum Gasteiger partial charge on any atom is -0.484 e. The predicted molar refractivity (Wildman–Crippen MR) is 74.6 cm³/mol. The summed E-state index contributed by atoms with van der Waals surface area (Å²) in [6.07, 6.45) is 0. The Balaban J connectivity index is 2.04. The molecule has 0 aliphatic rings. The van der Waals surface area contributed by atoms with Crippen LogP contribution in [0.5, 0.6) is 5.75 Å². The molecule has 0 spiro atoms. The van der Waals surface area contributed by atoms with E-state index in [4.69, 9.17) is 9.15 Å². The van der Waals surface area contributed by atoms with Crippen molar-refractivity contribution >= 4 is 15.9 Å². The Hall–Kier alpha value is -1.33. The summed E-state index contributed by atoms with van der Waals surface area (Å²) < 4.78 is 24.7. The van der Waals surface area contributed by atoms with Crippen molar-refractivity contribution < 1.29 is 13.5 Å². The van der Waals surface area contributed by atoms with E-state index in [2.05, 4.69) is 21.2 Å². The zero-order chi connectivity index (χ0) is 13.8. The fourth-order valence-corrected chi connectivity index (χ4v) is 2.23. The number of nitrogens with one attached hydrogen (secondary N) is 1. The van der Waals surface area contributed by atoms with Crippen LogP contribution in [0.1, 0.15) is 17.1 Å². The van der Waals surface area contributed by atoms with Gasteiger partial charge in [0.05, 0.1) is 4.47 Å². The monoisotopic (exact) mass is 327 g/mol. The minimum atomic E-state index is -0.302. The molecule has 2 rings (SSSR count). The highest BCUT2D eigenvalue weighted by Crippen LogP contribution is 2.26. The van der Waals surface area contributed by atoms with Crippen molar-refractivity contribution in [1.82, 2.24) is 5.32 Å². The van der Waals surface area contributed by atoms with Crippen LogP contribution in [-0.2, 0) is 13.2 Å². The highest BCUT2D eigenvalue weighted by Gasteiger charge is 2.08. The lowest BCUT2D eigenvalue weighted by Gasteiger charge is -2.06. The third-order valence-corrected chi connectivity index (χ3v) is 3.32. The second-order valence-corrected chi connectivity index (χ2v) is 5.04. The average molecular weight is 328 g/mol. The molecule has 102 valence electrons. The summed E-state index contributed by atoms with van der Waals surface area (Å²) in [5.41, 5.74) is 1.11. The average Bonchev–Trinajstić information content (AvgIpc) is 2.70. The standard InChI is InChI=1S/C14H15BrFNO2/c1-9-10(7-17-2)5-12(19-9)8-18-14-4-3-11(16)6-13(14)15/h3-6,17H,7-8H2,1-2H3. The molecule has 19 heavy (non-hydrogen) atoms. The van der Waals surface area contributed by atoms with E-state index >= 15 is 0 Å². The summed E-state index contributed by atoms with van der Waals surface area (Å²) in [7, 11) is 1.89. The Kier molecular flexibility index (Phi) is 4.61. The van der Waals surface area contributed by atoms with Crippen molar-refractivity contribution in [1.29, 1.82) is 0 Å². The van der Waals surface area contributed by atoms with Crippen molar-refractivity contribution in [3.63, 3.8) is 0 Å². The first-order valence-corrected chi connectivity index (χ1v) is 6.70. The van der Waals surface area contributed by atoms with Crippen molar-refractivity contribution in [2.24, 2.45) is 0 Å². The lowest BCUT2D eigenvalue weighted by atomic mass is 10.2. The molecule has 5 heteroatoms. The highest BCUT2D eigenvalue weighted by atomic mass is 79.9. The van der Waals surface area contributed by atoms with Gasteiger partial charge in [-0.3, -0.25) is 0 Å². The first-order valence-electron chi connectivity index (χ1n) is 5.91. The first kappa shape index (κ1) is 14.1. The molecular weight excluding hydrogens is 313 g/mol. The van der Waals surface area contributed by atoms with Gasteiger partial charge >= 0.3 is 0 Å². The maximum Gasteiger partial charge on any atom is 0.146 e. The lowest BCUT2D eigenvalue weighted by Crippen LogP contribution is -2.04. The maximum absolute atomic E-state index is 12.9. The summed E-state index contributed by atoms with van der Waals surface area (Å²) in [6, 6.07) is 6.28. The molecule has 3 nitrogen and oxygen atoms in total. The highest BCUT2D eigenvalue weighted by molar-refractivity contribution is 9.10. The zero-order valence-corrected chi connectivity index (χ0v) is 12.4. The van der Waals surface area contributed by atoms with Crippen LogP contribution in [-0.4, -0.2) is 7.05 Å². The Bertz CT molecular complexity index is 569. The quantitative estimate of drug-likeness (QED) is 0.907. The van der Waals surface area contributed by atoms with Crippen molar-refractivity contribution in [3.8, 4) is 5.75 Å². The Morgan fingerprint density at radius 2 is 2.16 bits per heavy atom. The number of benzene rings is 1. The van der Waals surface area contributed by atoms with Crippen LogP contribution >= 0.6 is 15.9 Å². The van der Waals surface area contributed by atoms with E-state index < -0.39 is 0 Å². The fourth-order valence-electron chi connectivity index (χ4n) is 1.77. The van der Waals surface area contributed by atoms with Crippen molar-refractivity contribution in [2.75, 3.05) is 7.05 Å². The van der Waals surface area contributed by atoms with Crippen LogP contribution in [0.15, 0.2) is 33.2 Å². The molecule has 0 bridgehead atoms. The molecule has 0 amide bonds. The molecule has 0 aliphatic carbocycles. The van der Waals surface area contributed by atoms with E-state index in [1.165, 1.54) is 12.1 Å². The molecule has 0 aliphatic heterocycles. The van der Waals surface area contributed by atoms with Crippen LogP contribution in [0.3, 0.4) is 0 Å². The van der Waals surface area contributed by atoms with E-state index in [1.54, 1.807) is 6.07 Å². The number of hydrogen-bond donors (Lipinski definition) is 1. The summed E-state index contributed by atoms with van der Waals surface area (Å²) in [6.45, 7) is 2.99. The van der Waals surface area contributed by atoms with Gasteiger partial charge in [-0.05, 0) is 54.2 Å². The molecule has 0 radical (unpaired) electrons. The van der Waals surface area contributed by atoms with E-state index in [0.29, 0.717) is 16.8 Å². The van der Waals surface area contributed by atoms with Gasteiger partial charge in [0.25, 0.3) is 0 Å². The first-order chi connectivity index (χ1) is 9.10. The smallest absolute Gasteiger partial charge is 0.146 e. The van der Waals surface area contributed by atoms with Crippen LogP contribution in [0.2, 0.25) is 0 Å². The number of halogens is 2. The summed E-state index contributed by atoms with van der Waals surface area (Å²) in [5.74, 6) is 1.92.